The van der Waals surface area contributed by atoms with Crippen molar-refractivity contribution in [3.8, 4) is 0 Å². The summed E-state index contributed by atoms with van der Waals surface area (Å²) in [7, 11) is 0. The Balaban J connectivity index is 2.00. The van der Waals surface area contributed by atoms with Crippen molar-refractivity contribution >= 4 is 11.6 Å². The van der Waals surface area contributed by atoms with Crippen LogP contribution in [0.5, 0.6) is 0 Å². The summed E-state index contributed by atoms with van der Waals surface area (Å²) in [6.07, 6.45) is 4.73. The molecular formula is C11H18N4O. The van der Waals surface area contributed by atoms with Crippen LogP contribution in [0.2, 0.25) is 0 Å². The van der Waals surface area contributed by atoms with Gasteiger partial charge in [-0.3, -0.25) is 4.98 Å². The molecule has 2 rings (SSSR count). The van der Waals surface area contributed by atoms with Crippen LogP contribution in [0.15, 0.2) is 12.4 Å². The summed E-state index contributed by atoms with van der Waals surface area (Å²) in [6, 6.07) is 0.339. The molecule has 88 valence electrons. The minimum absolute atomic E-state index is 0.240. The summed E-state index contributed by atoms with van der Waals surface area (Å²) in [5.41, 5.74) is 0. The SMILES string of the molecule is CCNc1cncc(NC2CCOC2C)n1. The van der Waals surface area contributed by atoms with Crippen molar-refractivity contribution in [2.75, 3.05) is 23.8 Å². The highest BCUT2D eigenvalue weighted by Gasteiger charge is 2.24. The van der Waals surface area contributed by atoms with E-state index < -0.39 is 0 Å². The molecule has 0 radical (unpaired) electrons. The molecule has 1 fully saturated rings. The molecule has 0 amide bonds. The average molecular weight is 222 g/mol. The minimum Gasteiger partial charge on any atom is -0.376 e. The van der Waals surface area contributed by atoms with Crippen LogP contribution < -0.4 is 10.6 Å². The molecule has 0 spiro atoms. The number of rotatable bonds is 4. The molecule has 2 atom stereocenters. The van der Waals surface area contributed by atoms with Gasteiger partial charge in [0.05, 0.1) is 24.5 Å². The van der Waals surface area contributed by atoms with E-state index in [9.17, 15) is 0 Å². The van der Waals surface area contributed by atoms with Crippen molar-refractivity contribution in [1.82, 2.24) is 9.97 Å². The molecule has 0 aromatic carbocycles. The lowest BCUT2D eigenvalue weighted by Gasteiger charge is -2.16. The molecule has 5 heteroatoms. The van der Waals surface area contributed by atoms with Gasteiger partial charge >= 0.3 is 0 Å². The number of ether oxygens (including phenoxy) is 1. The number of anilines is 2. The Hall–Kier alpha value is -1.36. The minimum atomic E-state index is 0.240. The van der Waals surface area contributed by atoms with E-state index in [1.54, 1.807) is 12.4 Å². The van der Waals surface area contributed by atoms with Gasteiger partial charge in [-0.05, 0) is 20.3 Å². The summed E-state index contributed by atoms with van der Waals surface area (Å²) in [4.78, 5) is 8.56. The van der Waals surface area contributed by atoms with Crippen LogP contribution in [0, 0.1) is 0 Å². The van der Waals surface area contributed by atoms with Gasteiger partial charge in [0.25, 0.3) is 0 Å². The Morgan fingerprint density at radius 3 is 2.94 bits per heavy atom. The molecule has 1 aliphatic heterocycles. The van der Waals surface area contributed by atoms with Gasteiger partial charge in [-0.2, -0.15) is 0 Å². The lowest BCUT2D eigenvalue weighted by Crippen LogP contribution is -2.27. The number of hydrogen-bond acceptors (Lipinski definition) is 5. The van der Waals surface area contributed by atoms with E-state index in [-0.39, 0.29) is 6.10 Å². The molecule has 1 aliphatic rings. The van der Waals surface area contributed by atoms with Crippen LogP contribution in [-0.2, 0) is 4.74 Å². The Bertz CT molecular complexity index is 345. The molecule has 5 nitrogen and oxygen atoms in total. The molecular weight excluding hydrogens is 204 g/mol. The molecule has 1 saturated heterocycles. The first-order valence-electron chi connectivity index (χ1n) is 5.73. The molecule has 1 aromatic heterocycles. The van der Waals surface area contributed by atoms with Crippen molar-refractivity contribution in [1.29, 1.82) is 0 Å². The van der Waals surface area contributed by atoms with E-state index in [1.165, 1.54) is 0 Å². The van der Waals surface area contributed by atoms with E-state index in [4.69, 9.17) is 4.74 Å². The van der Waals surface area contributed by atoms with Crippen LogP contribution in [0.25, 0.3) is 0 Å². The van der Waals surface area contributed by atoms with Gasteiger partial charge < -0.3 is 15.4 Å². The second kappa shape index (κ2) is 5.12. The zero-order valence-electron chi connectivity index (χ0n) is 9.73. The fourth-order valence-corrected chi connectivity index (χ4v) is 1.81. The highest BCUT2D eigenvalue weighted by atomic mass is 16.5. The zero-order chi connectivity index (χ0) is 11.4. The van der Waals surface area contributed by atoms with Crippen LogP contribution in [-0.4, -0.2) is 35.3 Å². The Morgan fingerprint density at radius 1 is 1.44 bits per heavy atom. The summed E-state index contributed by atoms with van der Waals surface area (Å²) >= 11 is 0. The first-order valence-corrected chi connectivity index (χ1v) is 5.73. The summed E-state index contributed by atoms with van der Waals surface area (Å²) in [5.74, 6) is 1.61. The molecule has 0 saturated carbocycles. The smallest absolute Gasteiger partial charge is 0.147 e. The van der Waals surface area contributed by atoms with Crippen molar-refractivity contribution in [2.24, 2.45) is 0 Å². The Morgan fingerprint density at radius 2 is 2.25 bits per heavy atom. The average Bonchev–Trinajstić information content (AvgIpc) is 2.66. The van der Waals surface area contributed by atoms with Gasteiger partial charge in [0.2, 0.25) is 0 Å². The van der Waals surface area contributed by atoms with Crippen molar-refractivity contribution in [3.05, 3.63) is 12.4 Å². The zero-order valence-corrected chi connectivity index (χ0v) is 9.73. The van der Waals surface area contributed by atoms with Gasteiger partial charge in [-0.1, -0.05) is 0 Å². The Labute approximate surface area is 95.6 Å². The molecule has 1 aromatic rings. The maximum absolute atomic E-state index is 5.49. The number of nitrogens with one attached hydrogen (secondary N) is 2. The predicted octanol–water partition coefficient (Wildman–Crippen LogP) is 1.50. The molecule has 16 heavy (non-hydrogen) atoms. The second-order valence-corrected chi connectivity index (χ2v) is 3.94. The van der Waals surface area contributed by atoms with E-state index in [0.29, 0.717) is 6.04 Å². The quantitative estimate of drug-likeness (QED) is 0.808. The van der Waals surface area contributed by atoms with Crippen LogP contribution in [0.3, 0.4) is 0 Å². The van der Waals surface area contributed by atoms with E-state index in [2.05, 4.69) is 27.5 Å². The topological polar surface area (TPSA) is 59.1 Å². The van der Waals surface area contributed by atoms with Crippen LogP contribution >= 0.6 is 0 Å². The van der Waals surface area contributed by atoms with Gasteiger partial charge in [-0.25, -0.2) is 4.98 Å². The molecule has 0 bridgehead atoms. The second-order valence-electron chi connectivity index (χ2n) is 3.94. The van der Waals surface area contributed by atoms with Gasteiger partial charge in [0, 0.05) is 13.2 Å². The van der Waals surface area contributed by atoms with Crippen molar-refractivity contribution in [2.45, 2.75) is 32.4 Å². The highest BCUT2D eigenvalue weighted by molar-refractivity contribution is 5.42. The first kappa shape index (κ1) is 11.1. The van der Waals surface area contributed by atoms with E-state index in [1.807, 2.05) is 6.92 Å². The molecule has 2 N–H and O–H groups in total. The summed E-state index contributed by atoms with van der Waals surface area (Å²) < 4.78 is 5.49. The van der Waals surface area contributed by atoms with Crippen molar-refractivity contribution in [3.63, 3.8) is 0 Å². The van der Waals surface area contributed by atoms with Crippen LogP contribution in [0.4, 0.5) is 11.6 Å². The summed E-state index contributed by atoms with van der Waals surface area (Å²) in [6.45, 7) is 5.78. The van der Waals surface area contributed by atoms with Crippen molar-refractivity contribution < 1.29 is 4.74 Å². The van der Waals surface area contributed by atoms with E-state index >= 15 is 0 Å². The third-order valence-corrected chi connectivity index (χ3v) is 2.70. The number of aromatic nitrogens is 2. The molecule has 0 aliphatic carbocycles. The van der Waals surface area contributed by atoms with Gasteiger partial charge in [-0.15, -0.1) is 0 Å². The maximum atomic E-state index is 5.49. The summed E-state index contributed by atoms with van der Waals surface area (Å²) in [5, 5.41) is 6.49. The largest absolute Gasteiger partial charge is 0.376 e. The monoisotopic (exact) mass is 222 g/mol. The number of nitrogens with zero attached hydrogens (tertiary/aromatic N) is 2. The number of hydrogen-bond donors (Lipinski definition) is 2. The molecule has 2 heterocycles. The van der Waals surface area contributed by atoms with Crippen LogP contribution in [0.1, 0.15) is 20.3 Å². The lowest BCUT2D eigenvalue weighted by atomic mass is 10.1. The molecule has 2 unspecified atom stereocenters. The van der Waals surface area contributed by atoms with Gasteiger partial charge in [0.1, 0.15) is 11.6 Å². The third kappa shape index (κ3) is 2.61. The third-order valence-electron chi connectivity index (χ3n) is 2.70. The Kier molecular flexibility index (Phi) is 3.56. The lowest BCUT2D eigenvalue weighted by molar-refractivity contribution is 0.121. The maximum Gasteiger partial charge on any atom is 0.147 e. The highest BCUT2D eigenvalue weighted by Crippen LogP contribution is 2.17. The fraction of sp³-hybridized carbons (Fsp3) is 0.636. The van der Waals surface area contributed by atoms with E-state index in [0.717, 1.165) is 31.2 Å². The van der Waals surface area contributed by atoms with Gasteiger partial charge in [0.15, 0.2) is 0 Å². The predicted molar refractivity (Wildman–Crippen MR) is 63.6 cm³/mol. The normalized spacial score (nSPS) is 24.4. The first-order chi connectivity index (χ1) is 7.79. The standard InChI is InChI=1S/C11H18N4O/c1-3-13-10-6-12-7-11(15-10)14-9-4-5-16-8(9)2/h6-9H,3-5H2,1-2H3,(H2,13,14,15). The fourth-order valence-electron chi connectivity index (χ4n) is 1.81.